The SMILES string of the molecule is C/C=C(\C(C)=NC)c1cccc(-c2csc(NC3=NCCCN3)n2)n1.CC. The smallest absolute Gasteiger partial charge is 0.197 e. The number of nitrogens with zero attached hydrogens (tertiary/aromatic N) is 4. The topological polar surface area (TPSA) is 74.6 Å². The zero-order chi connectivity index (χ0) is 19.6. The minimum absolute atomic E-state index is 0.792. The first kappa shape index (κ1) is 20.8. The van der Waals surface area contributed by atoms with Crippen LogP contribution in [0.1, 0.15) is 39.8 Å². The van der Waals surface area contributed by atoms with Crippen molar-refractivity contribution >= 4 is 33.7 Å². The highest BCUT2D eigenvalue weighted by Gasteiger charge is 2.11. The maximum Gasteiger partial charge on any atom is 0.197 e. The second-order valence-corrected chi connectivity index (χ2v) is 6.45. The van der Waals surface area contributed by atoms with Gasteiger partial charge in [0.05, 0.1) is 11.4 Å². The fraction of sp³-hybridized carbons (Fsp3) is 0.400. The van der Waals surface area contributed by atoms with Crippen LogP contribution in [0, 0.1) is 0 Å². The molecule has 0 saturated carbocycles. The molecule has 0 fully saturated rings. The van der Waals surface area contributed by atoms with E-state index >= 15 is 0 Å². The van der Waals surface area contributed by atoms with Gasteiger partial charge in [-0.15, -0.1) is 11.3 Å². The number of rotatable bonds is 4. The number of thiazole rings is 1. The van der Waals surface area contributed by atoms with Crippen molar-refractivity contribution in [1.29, 1.82) is 0 Å². The Labute approximate surface area is 165 Å². The third-order valence-corrected chi connectivity index (χ3v) is 4.69. The summed E-state index contributed by atoms with van der Waals surface area (Å²) in [7, 11) is 1.79. The van der Waals surface area contributed by atoms with Crippen LogP contribution >= 0.6 is 11.3 Å². The van der Waals surface area contributed by atoms with E-state index in [0.29, 0.717) is 0 Å². The lowest BCUT2D eigenvalue weighted by atomic mass is 10.1. The fourth-order valence-corrected chi connectivity index (χ4v) is 3.26. The zero-order valence-electron chi connectivity index (χ0n) is 16.7. The van der Waals surface area contributed by atoms with E-state index in [-0.39, 0.29) is 0 Å². The molecule has 0 radical (unpaired) electrons. The first-order valence-electron chi connectivity index (χ1n) is 9.30. The number of aromatic nitrogens is 2. The molecule has 3 heterocycles. The molecule has 27 heavy (non-hydrogen) atoms. The summed E-state index contributed by atoms with van der Waals surface area (Å²) in [5, 5.41) is 9.29. The van der Waals surface area contributed by atoms with E-state index in [2.05, 4.69) is 25.6 Å². The summed E-state index contributed by atoms with van der Waals surface area (Å²) >= 11 is 1.55. The van der Waals surface area contributed by atoms with Crippen LogP contribution in [0.15, 0.2) is 39.6 Å². The van der Waals surface area contributed by atoms with Gasteiger partial charge in [0.2, 0.25) is 0 Å². The summed E-state index contributed by atoms with van der Waals surface area (Å²) in [5.74, 6) is 0.792. The summed E-state index contributed by atoms with van der Waals surface area (Å²) in [6, 6.07) is 5.98. The lowest BCUT2D eigenvalue weighted by Gasteiger charge is -2.14. The van der Waals surface area contributed by atoms with Crippen LogP contribution in [0.3, 0.4) is 0 Å². The molecule has 1 aliphatic heterocycles. The molecule has 0 aromatic carbocycles. The van der Waals surface area contributed by atoms with Crippen LogP contribution in [0.4, 0.5) is 5.13 Å². The van der Waals surface area contributed by atoms with Gasteiger partial charge in [-0.05, 0) is 32.4 Å². The predicted molar refractivity (Wildman–Crippen MR) is 118 cm³/mol. The Hall–Kier alpha value is -2.54. The summed E-state index contributed by atoms with van der Waals surface area (Å²) in [5.41, 5.74) is 4.62. The minimum atomic E-state index is 0.792. The average molecular weight is 385 g/mol. The van der Waals surface area contributed by atoms with Crippen LogP contribution in [0.5, 0.6) is 0 Å². The Morgan fingerprint density at radius 1 is 1.26 bits per heavy atom. The van der Waals surface area contributed by atoms with Crippen molar-refractivity contribution in [3.05, 3.63) is 35.3 Å². The molecule has 2 aromatic rings. The van der Waals surface area contributed by atoms with Gasteiger partial charge in [-0.1, -0.05) is 26.0 Å². The summed E-state index contributed by atoms with van der Waals surface area (Å²) in [6.45, 7) is 9.79. The predicted octanol–water partition coefficient (Wildman–Crippen LogP) is 4.49. The van der Waals surface area contributed by atoms with Gasteiger partial charge in [0, 0.05) is 36.8 Å². The van der Waals surface area contributed by atoms with Crippen molar-refractivity contribution in [2.24, 2.45) is 9.98 Å². The standard InChI is InChI=1S/C18H22N6S.C2H6/c1-4-13(12(2)19-3)14-7-5-8-15(22-14)16-11-25-18(23-16)24-17-20-9-6-10-21-17;1-2/h4-5,7-8,11H,6,9-10H2,1-3H3,(H2,20,21,23,24);1-2H3/b13-4+,19-12?;. The number of guanidine groups is 1. The Morgan fingerprint density at radius 2 is 2.07 bits per heavy atom. The lowest BCUT2D eigenvalue weighted by molar-refractivity contribution is 0.740. The molecule has 0 unspecified atom stereocenters. The molecule has 0 atom stereocenters. The molecule has 0 spiro atoms. The molecule has 144 valence electrons. The average Bonchev–Trinajstić information content (AvgIpc) is 3.19. The summed E-state index contributed by atoms with van der Waals surface area (Å²) < 4.78 is 0. The molecule has 3 rings (SSSR count). The maximum atomic E-state index is 4.76. The summed E-state index contributed by atoms with van der Waals surface area (Å²) in [4.78, 5) is 18.1. The van der Waals surface area contributed by atoms with Crippen LogP contribution in [-0.2, 0) is 0 Å². The fourth-order valence-electron chi connectivity index (χ4n) is 2.56. The summed E-state index contributed by atoms with van der Waals surface area (Å²) in [6.07, 6.45) is 3.11. The van der Waals surface area contributed by atoms with E-state index in [0.717, 1.165) is 59.0 Å². The van der Waals surface area contributed by atoms with Crippen LogP contribution in [-0.4, -0.2) is 41.8 Å². The van der Waals surface area contributed by atoms with E-state index < -0.39 is 0 Å². The molecule has 1 aliphatic rings. The van der Waals surface area contributed by atoms with Gasteiger partial charge in [0.15, 0.2) is 11.1 Å². The van der Waals surface area contributed by atoms with Gasteiger partial charge < -0.3 is 10.6 Å². The molecular formula is C20H28N6S. The van der Waals surface area contributed by atoms with Crippen LogP contribution in [0.25, 0.3) is 17.0 Å². The third-order valence-electron chi connectivity index (χ3n) is 3.93. The first-order chi connectivity index (χ1) is 13.2. The first-order valence-corrected chi connectivity index (χ1v) is 10.2. The number of hydrogen-bond donors (Lipinski definition) is 2. The van der Waals surface area contributed by atoms with E-state index in [1.54, 1.807) is 18.4 Å². The molecule has 6 nitrogen and oxygen atoms in total. The van der Waals surface area contributed by atoms with Crippen LogP contribution in [0.2, 0.25) is 0 Å². The van der Waals surface area contributed by atoms with Crippen LogP contribution < -0.4 is 10.6 Å². The number of hydrogen-bond acceptors (Lipinski definition) is 7. The van der Waals surface area contributed by atoms with Gasteiger partial charge in [-0.25, -0.2) is 9.97 Å². The second kappa shape index (κ2) is 10.6. The highest BCUT2D eigenvalue weighted by Crippen LogP contribution is 2.25. The normalized spacial score (nSPS) is 14.6. The van der Waals surface area contributed by atoms with Crippen molar-refractivity contribution in [2.45, 2.75) is 34.1 Å². The van der Waals surface area contributed by atoms with Crippen molar-refractivity contribution < 1.29 is 0 Å². The highest BCUT2D eigenvalue weighted by molar-refractivity contribution is 7.14. The Balaban J connectivity index is 0.00000126. The third kappa shape index (κ3) is 5.47. The minimum Gasteiger partial charge on any atom is -0.356 e. The molecule has 2 N–H and O–H groups in total. The van der Waals surface area contributed by atoms with Crippen molar-refractivity contribution in [3.63, 3.8) is 0 Å². The van der Waals surface area contributed by atoms with Crippen molar-refractivity contribution in [1.82, 2.24) is 15.3 Å². The number of nitrogens with one attached hydrogen (secondary N) is 2. The van der Waals surface area contributed by atoms with Gasteiger partial charge >= 0.3 is 0 Å². The number of pyridine rings is 1. The van der Waals surface area contributed by atoms with Gasteiger partial charge in [-0.2, -0.15) is 0 Å². The van der Waals surface area contributed by atoms with Crippen molar-refractivity contribution in [3.8, 4) is 11.4 Å². The second-order valence-electron chi connectivity index (χ2n) is 5.59. The van der Waals surface area contributed by atoms with E-state index in [1.807, 2.05) is 57.4 Å². The number of anilines is 1. The van der Waals surface area contributed by atoms with E-state index in [1.165, 1.54) is 0 Å². The Kier molecular flexibility index (Phi) is 8.13. The lowest BCUT2D eigenvalue weighted by Crippen LogP contribution is -2.35. The Bertz CT molecular complexity index is 835. The molecule has 2 aromatic heterocycles. The van der Waals surface area contributed by atoms with Crippen molar-refractivity contribution in [2.75, 3.05) is 25.5 Å². The quantitative estimate of drug-likeness (QED) is 0.762. The molecule has 0 bridgehead atoms. The van der Waals surface area contributed by atoms with E-state index in [9.17, 15) is 0 Å². The maximum absolute atomic E-state index is 4.76. The molecular weight excluding hydrogens is 356 g/mol. The van der Waals surface area contributed by atoms with Gasteiger partial charge in [-0.3, -0.25) is 9.98 Å². The molecule has 7 heteroatoms. The molecule has 0 aliphatic carbocycles. The zero-order valence-corrected chi connectivity index (χ0v) is 17.5. The largest absolute Gasteiger partial charge is 0.356 e. The number of aliphatic imine (C=N–C) groups is 2. The van der Waals surface area contributed by atoms with E-state index in [4.69, 9.17) is 4.98 Å². The molecule has 0 saturated heterocycles. The Morgan fingerprint density at radius 3 is 2.74 bits per heavy atom. The highest BCUT2D eigenvalue weighted by atomic mass is 32.1. The van der Waals surface area contributed by atoms with Gasteiger partial charge in [0.25, 0.3) is 0 Å². The number of allylic oxidation sites excluding steroid dienone is 2. The van der Waals surface area contributed by atoms with Gasteiger partial charge in [0.1, 0.15) is 5.69 Å². The molecule has 0 amide bonds. The monoisotopic (exact) mass is 384 g/mol.